The minimum atomic E-state index is 0.530. The molecule has 0 spiro atoms. The molecule has 2 heterocycles. The van der Waals surface area contributed by atoms with E-state index in [0.29, 0.717) is 5.25 Å². The van der Waals surface area contributed by atoms with Crippen molar-refractivity contribution in [3.8, 4) is 11.4 Å². The second kappa shape index (κ2) is 5.57. The maximum Gasteiger partial charge on any atom is 0.191 e. The van der Waals surface area contributed by atoms with E-state index in [2.05, 4.69) is 31.9 Å². The van der Waals surface area contributed by atoms with Crippen LogP contribution in [0.4, 0.5) is 0 Å². The fraction of sp³-hybridized carbons (Fsp3) is 0.357. The Balaban J connectivity index is 1.83. The molecule has 0 aromatic carbocycles. The van der Waals surface area contributed by atoms with E-state index in [1.165, 1.54) is 19.3 Å². The van der Waals surface area contributed by atoms with Crippen LogP contribution in [0.2, 0.25) is 0 Å². The molecule has 1 atom stereocenters. The van der Waals surface area contributed by atoms with Crippen LogP contribution in [0.15, 0.2) is 41.8 Å². The smallest absolute Gasteiger partial charge is 0.191 e. The lowest BCUT2D eigenvalue weighted by Crippen LogP contribution is -2.04. The molecule has 0 unspecified atom stereocenters. The molecule has 2 aromatic heterocycles. The first-order valence-corrected chi connectivity index (χ1v) is 7.35. The second-order valence-electron chi connectivity index (χ2n) is 4.62. The Bertz CT molecular complexity index is 576. The number of allylic oxidation sites excluding steroid dienone is 1. The van der Waals surface area contributed by atoms with Crippen molar-refractivity contribution in [2.45, 2.75) is 29.7 Å². The van der Waals surface area contributed by atoms with Gasteiger partial charge in [-0.15, -0.1) is 10.2 Å². The van der Waals surface area contributed by atoms with E-state index in [9.17, 15) is 0 Å². The third kappa shape index (κ3) is 2.71. The molecular formula is C14H16N4S. The fourth-order valence-electron chi connectivity index (χ4n) is 2.18. The van der Waals surface area contributed by atoms with Crippen LogP contribution in [0.1, 0.15) is 19.3 Å². The van der Waals surface area contributed by atoms with Crippen molar-refractivity contribution in [3.05, 3.63) is 36.7 Å². The maximum atomic E-state index is 4.31. The van der Waals surface area contributed by atoms with Crippen LogP contribution in [-0.4, -0.2) is 25.0 Å². The van der Waals surface area contributed by atoms with Crippen LogP contribution in [0, 0.1) is 0 Å². The topological polar surface area (TPSA) is 43.6 Å². The zero-order valence-electron chi connectivity index (χ0n) is 10.9. The van der Waals surface area contributed by atoms with Crippen LogP contribution in [-0.2, 0) is 7.05 Å². The average Bonchev–Trinajstić information content (AvgIpc) is 2.82. The van der Waals surface area contributed by atoms with Gasteiger partial charge in [0.1, 0.15) is 0 Å². The molecule has 0 amide bonds. The Hall–Kier alpha value is -1.62. The van der Waals surface area contributed by atoms with E-state index in [0.717, 1.165) is 16.5 Å². The Labute approximate surface area is 117 Å². The maximum absolute atomic E-state index is 4.31. The van der Waals surface area contributed by atoms with Crippen molar-refractivity contribution in [2.75, 3.05) is 0 Å². The predicted molar refractivity (Wildman–Crippen MR) is 76.9 cm³/mol. The normalized spacial score (nSPS) is 18.7. The molecule has 0 saturated carbocycles. The molecule has 2 aromatic rings. The molecule has 0 bridgehead atoms. The summed E-state index contributed by atoms with van der Waals surface area (Å²) >= 11 is 1.79. The lowest BCUT2D eigenvalue weighted by Gasteiger charge is -2.14. The first-order valence-electron chi connectivity index (χ1n) is 6.48. The zero-order valence-corrected chi connectivity index (χ0v) is 11.7. The first kappa shape index (κ1) is 12.4. The summed E-state index contributed by atoms with van der Waals surface area (Å²) in [6, 6.07) is 3.91. The molecule has 0 radical (unpaired) electrons. The van der Waals surface area contributed by atoms with Crippen LogP contribution in [0.25, 0.3) is 11.4 Å². The minimum Gasteiger partial charge on any atom is -0.305 e. The summed E-state index contributed by atoms with van der Waals surface area (Å²) in [6.07, 6.45) is 11.8. The lowest BCUT2D eigenvalue weighted by molar-refractivity contribution is 0.731. The highest BCUT2D eigenvalue weighted by Gasteiger charge is 2.16. The molecule has 3 rings (SSSR count). The summed E-state index contributed by atoms with van der Waals surface area (Å²) < 4.78 is 2.06. The quantitative estimate of drug-likeness (QED) is 0.805. The van der Waals surface area contributed by atoms with Gasteiger partial charge in [-0.3, -0.25) is 4.98 Å². The summed E-state index contributed by atoms with van der Waals surface area (Å²) in [5.74, 6) is 0.893. The lowest BCUT2D eigenvalue weighted by atomic mass is 10.1. The van der Waals surface area contributed by atoms with E-state index in [4.69, 9.17) is 0 Å². The van der Waals surface area contributed by atoms with Crippen LogP contribution >= 0.6 is 11.8 Å². The van der Waals surface area contributed by atoms with Crippen molar-refractivity contribution in [1.29, 1.82) is 0 Å². The number of pyridine rings is 1. The predicted octanol–water partition coefficient (Wildman–Crippen LogP) is 3.08. The Morgan fingerprint density at radius 1 is 1.26 bits per heavy atom. The van der Waals surface area contributed by atoms with E-state index in [1.807, 2.05) is 19.2 Å². The van der Waals surface area contributed by atoms with Gasteiger partial charge < -0.3 is 4.57 Å². The van der Waals surface area contributed by atoms with E-state index in [-0.39, 0.29) is 0 Å². The standard InChI is InChI=1S/C14H16N4S/c1-18-13(11-7-9-15-10-8-11)16-17-14(18)19-12-5-3-2-4-6-12/h3,5,7-10,12H,2,4,6H2,1H3/t12-/m1/s1. The first-order chi connectivity index (χ1) is 9.34. The molecule has 0 aliphatic heterocycles. The van der Waals surface area contributed by atoms with Crippen molar-refractivity contribution in [3.63, 3.8) is 0 Å². The molecule has 0 N–H and O–H groups in total. The summed E-state index contributed by atoms with van der Waals surface area (Å²) in [7, 11) is 2.02. The zero-order chi connectivity index (χ0) is 13.1. The van der Waals surface area contributed by atoms with Gasteiger partial charge in [0.15, 0.2) is 11.0 Å². The van der Waals surface area contributed by atoms with Gasteiger partial charge >= 0.3 is 0 Å². The third-order valence-electron chi connectivity index (χ3n) is 3.24. The molecule has 1 aliphatic carbocycles. The largest absolute Gasteiger partial charge is 0.305 e. The fourth-order valence-corrected chi connectivity index (χ4v) is 3.26. The Kier molecular flexibility index (Phi) is 3.64. The van der Waals surface area contributed by atoms with Gasteiger partial charge in [-0.2, -0.15) is 0 Å². The number of aromatic nitrogens is 4. The third-order valence-corrected chi connectivity index (χ3v) is 4.50. The van der Waals surface area contributed by atoms with Crippen LogP contribution in [0.3, 0.4) is 0 Å². The van der Waals surface area contributed by atoms with Crippen LogP contribution in [0.5, 0.6) is 0 Å². The molecule has 4 nitrogen and oxygen atoms in total. The number of rotatable bonds is 3. The molecule has 19 heavy (non-hydrogen) atoms. The number of nitrogens with zero attached hydrogens (tertiary/aromatic N) is 4. The van der Waals surface area contributed by atoms with E-state index >= 15 is 0 Å². The van der Waals surface area contributed by atoms with Crippen molar-refractivity contribution in [2.24, 2.45) is 7.05 Å². The van der Waals surface area contributed by atoms with E-state index in [1.54, 1.807) is 24.2 Å². The summed E-state index contributed by atoms with van der Waals surface area (Å²) in [5.41, 5.74) is 1.05. The van der Waals surface area contributed by atoms with Gasteiger partial charge in [-0.25, -0.2) is 0 Å². The van der Waals surface area contributed by atoms with E-state index < -0.39 is 0 Å². The van der Waals surface area contributed by atoms with Gasteiger partial charge in [0, 0.05) is 30.3 Å². The SMILES string of the molecule is Cn1c(S[C@@H]2C=CCCC2)nnc1-c1ccncc1. The average molecular weight is 272 g/mol. The molecule has 0 fully saturated rings. The van der Waals surface area contributed by atoms with Crippen molar-refractivity contribution >= 4 is 11.8 Å². The minimum absolute atomic E-state index is 0.530. The highest BCUT2D eigenvalue weighted by Crippen LogP contribution is 2.30. The highest BCUT2D eigenvalue weighted by molar-refractivity contribution is 7.99. The summed E-state index contributed by atoms with van der Waals surface area (Å²) in [5, 5.41) is 10.1. The molecule has 5 heteroatoms. The van der Waals surface area contributed by atoms with Crippen LogP contribution < -0.4 is 0 Å². The Morgan fingerprint density at radius 3 is 2.84 bits per heavy atom. The monoisotopic (exact) mass is 272 g/mol. The summed E-state index contributed by atoms with van der Waals surface area (Å²) in [6.45, 7) is 0. The summed E-state index contributed by atoms with van der Waals surface area (Å²) in [4.78, 5) is 4.03. The van der Waals surface area contributed by atoms with Gasteiger partial charge in [-0.1, -0.05) is 23.9 Å². The van der Waals surface area contributed by atoms with Gasteiger partial charge in [0.2, 0.25) is 0 Å². The number of thioether (sulfide) groups is 1. The van der Waals surface area contributed by atoms with Crippen molar-refractivity contribution < 1.29 is 0 Å². The molecule has 1 aliphatic rings. The van der Waals surface area contributed by atoms with Gasteiger partial charge in [0.05, 0.1) is 0 Å². The Morgan fingerprint density at radius 2 is 2.11 bits per heavy atom. The molecular weight excluding hydrogens is 256 g/mol. The highest BCUT2D eigenvalue weighted by atomic mass is 32.2. The van der Waals surface area contributed by atoms with Crippen molar-refractivity contribution in [1.82, 2.24) is 19.7 Å². The second-order valence-corrected chi connectivity index (χ2v) is 5.82. The van der Waals surface area contributed by atoms with Gasteiger partial charge in [-0.05, 0) is 31.4 Å². The molecule has 98 valence electrons. The number of hydrogen-bond donors (Lipinski definition) is 0. The molecule has 0 saturated heterocycles. The number of hydrogen-bond acceptors (Lipinski definition) is 4. The van der Waals surface area contributed by atoms with Gasteiger partial charge in [0.25, 0.3) is 0 Å².